The van der Waals surface area contributed by atoms with Gasteiger partial charge in [0.25, 0.3) is 5.91 Å². The standard InChI is InChI=1S/C31H21ClF3N3O5S/c1-2-42-26-16-19(15-23(32)28(26)43-25-14-13-20(31(33,34)35)18-24(25)38(40)41)17-27-29(39)37(22-11-7-4-8-12-22)30(44-27)36-21-9-5-3-6-10-21/h3-18H,2H2,1H3/b27-17-,36-30?. The maximum absolute atomic E-state index is 13.6. The molecular formula is C31H21ClF3N3O5S. The number of nitrogens with zero attached hydrogens (tertiary/aromatic N) is 3. The number of aliphatic imine (C=N–C) groups is 1. The number of amides is 1. The lowest BCUT2D eigenvalue weighted by Gasteiger charge is -2.16. The van der Waals surface area contributed by atoms with Crippen molar-refractivity contribution in [2.24, 2.45) is 4.99 Å². The number of rotatable bonds is 8. The molecule has 0 aliphatic carbocycles. The Morgan fingerprint density at radius 1 is 1.00 bits per heavy atom. The predicted octanol–water partition coefficient (Wildman–Crippen LogP) is 9.27. The average Bonchev–Trinajstić information content (AvgIpc) is 3.29. The molecule has 44 heavy (non-hydrogen) atoms. The summed E-state index contributed by atoms with van der Waals surface area (Å²) in [7, 11) is 0. The summed E-state index contributed by atoms with van der Waals surface area (Å²) in [5.41, 5.74) is -0.377. The summed E-state index contributed by atoms with van der Waals surface area (Å²) in [5.74, 6) is -0.861. The predicted molar refractivity (Wildman–Crippen MR) is 164 cm³/mol. The molecule has 1 heterocycles. The molecule has 0 saturated carbocycles. The Labute approximate surface area is 258 Å². The van der Waals surface area contributed by atoms with Gasteiger partial charge in [-0.05, 0) is 78.9 Å². The van der Waals surface area contributed by atoms with Gasteiger partial charge < -0.3 is 9.47 Å². The molecule has 1 saturated heterocycles. The molecule has 1 amide bonds. The largest absolute Gasteiger partial charge is 0.490 e. The van der Waals surface area contributed by atoms with Crippen LogP contribution in [0.15, 0.2) is 101 Å². The summed E-state index contributed by atoms with van der Waals surface area (Å²) in [4.78, 5) is 30.7. The number of benzene rings is 4. The van der Waals surface area contributed by atoms with E-state index in [1.54, 1.807) is 25.1 Å². The average molecular weight is 640 g/mol. The first-order chi connectivity index (χ1) is 21.0. The molecule has 1 aliphatic heterocycles. The zero-order valence-electron chi connectivity index (χ0n) is 22.7. The van der Waals surface area contributed by atoms with Gasteiger partial charge in [0.1, 0.15) is 0 Å². The fourth-order valence-electron chi connectivity index (χ4n) is 4.18. The SMILES string of the molecule is CCOc1cc(/C=C2\SC(=Nc3ccccc3)N(c3ccccc3)C2=O)cc(Cl)c1Oc1ccc(C(F)(F)F)cc1[N+](=O)[O-]. The van der Waals surface area contributed by atoms with Crippen LogP contribution >= 0.6 is 23.4 Å². The fourth-order valence-corrected chi connectivity index (χ4v) is 5.44. The van der Waals surface area contributed by atoms with E-state index in [9.17, 15) is 28.1 Å². The highest BCUT2D eigenvalue weighted by molar-refractivity contribution is 8.19. The number of halogens is 4. The van der Waals surface area contributed by atoms with Gasteiger partial charge in [-0.1, -0.05) is 48.0 Å². The van der Waals surface area contributed by atoms with E-state index in [1.807, 2.05) is 48.5 Å². The number of anilines is 1. The number of nitro benzene ring substituents is 1. The van der Waals surface area contributed by atoms with E-state index in [0.717, 1.165) is 17.8 Å². The fraction of sp³-hybridized carbons (Fsp3) is 0.0968. The van der Waals surface area contributed by atoms with Crippen molar-refractivity contribution in [1.29, 1.82) is 0 Å². The van der Waals surface area contributed by atoms with Crippen molar-refractivity contribution in [3.63, 3.8) is 0 Å². The number of thioether (sulfide) groups is 1. The van der Waals surface area contributed by atoms with Crippen LogP contribution in [0, 0.1) is 10.1 Å². The number of carbonyl (C=O) groups is 1. The molecule has 0 bridgehead atoms. The lowest BCUT2D eigenvalue weighted by molar-refractivity contribution is -0.385. The van der Waals surface area contributed by atoms with Gasteiger partial charge in [0.05, 0.1) is 38.4 Å². The molecular weight excluding hydrogens is 619 g/mol. The minimum absolute atomic E-state index is 0.0504. The first-order valence-corrected chi connectivity index (χ1v) is 14.2. The number of hydrogen-bond acceptors (Lipinski definition) is 7. The highest BCUT2D eigenvalue weighted by Crippen LogP contribution is 2.45. The summed E-state index contributed by atoms with van der Waals surface area (Å²) in [6, 6.07) is 23.1. The van der Waals surface area contributed by atoms with Crippen LogP contribution in [0.25, 0.3) is 6.08 Å². The van der Waals surface area contributed by atoms with Gasteiger partial charge in [0.15, 0.2) is 16.7 Å². The van der Waals surface area contributed by atoms with E-state index >= 15 is 0 Å². The summed E-state index contributed by atoms with van der Waals surface area (Å²) >= 11 is 7.69. The third-order valence-corrected chi connectivity index (χ3v) is 7.38. The van der Waals surface area contributed by atoms with E-state index in [1.165, 1.54) is 17.0 Å². The molecule has 1 aliphatic rings. The van der Waals surface area contributed by atoms with E-state index < -0.39 is 28.1 Å². The second kappa shape index (κ2) is 12.8. The van der Waals surface area contributed by atoms with Gasteiger partial charge in [0, 0.05) is 6.07 Å². The van der Waals surface area contributed by atoms with Crippen LogP contribution in [-0.2, 0) is 11.0 Å². The molecule has 0 unspecified atom stereocenters. The van der Waals surface area contributed by atoms with E-state index in [4.69, 9.17) is 21.1 Å². The molecule has 1 fully saturated rings. The zero-order valence-corrected chi connectivity index (χ0v) is 24.3. The Balaban J connectivity index is 1.53. The Morgan fingerprint density at radius 3 is 2.32 bits per heavy atom. The molecule has 0 aromatic heterocycles. The molecule has 0 N–H and O–H groups in total. The Bertz CT molecular complexity index is 1780. The molecule has 13 heteroatoms. The van der Waals surface area contributed by atoms with Crippen LogP contribution in [0.1, 0.15) is 18.1 Å². The molecule has 4 aromatic rings. The van der Waals surface area contributed by atoms with Crippen molar-refractivity contribution >= 4 is 57.6 Å². The van der Waals surface area contributed by atoms with Crippen molar-refractivity contribution in [3.8, 4) is 17.2 Å². The van der Waals surface area contributed by atoms with Crippen molar-refractivity contribution < 1.29 is 32.4 Å². The maximum Gasteiger partial charge on any atom is 0.416 e. The van der Waals surface area contributed by atoms with Gasteiger partial charge in [-0.3, -0.25) is 19.8 Å². The van der Waals surface area contributed by atoms with Gasteiger partial charge in [-0.15, -0.1) is 0 Å². The van der Waals surface area contributed by atoms with Crippen LogP contribution < -0.4 is 14.4 Å². The monoisotopic (exact) mass is 639 g/mol. The minimum atomic E-state index is -4.79. The number of ether oxygens (including phenoxy) is 2. The third-order valence-electron chi connectivity index (χ3n) is 6.13. The Hall–Kier alpha value is -4.81. The summed E-state index contributed by atoms with van der Waals surface area (Å²) < 4.78 is 50.8. The van der Waals surface area contributed by atoms with Gasteiger partial charge >= 0.3 is 11.9 Å². The smallest absolute Gasteiger partial charge is 0.416 e. The van der Waals surface area contributed by atoms with Crippen molar-refractivity contribution in [2.45, 2.75) is 13.1 Å². The van der Waals surface area contributed by atoms with E-state index in [-0.39, 0.29) is 29.0 Å². The van der Waals surface area contributed by atoms with Crippen molar-refractivity contribution in [3.05, 3.63) is 122 Å². The number of nitro groups is 1. The van der Waals surface area contributed by atoms with Gasteiger partial charge in [0.2, 0.25) is 5.75 Å². The topological polar surface area (TPSA) is 94.3 Å². The third kappa shape index (κ3) is 6.71. The Morgan fingerprint density at radius 2 is 1.68 bits per heavy atom. The highest BCUT2D eigenvalue weighted by Gasteiger charge is 2.36. The van der Waals surface area contributed by atoms with Crippen LogP contribution in [0.4, 0.5) is 30.2 Å². The number of hydrogen-bond donors (Lipinski definition) is 0. The quantitative estimate of drug-likeness (QED) is 0.108. The minimum Gasteiger partial charge on any atom is -0.490 e. The summed E-state index contributed by atoms with van der Waals surface area (Å²) in [5, 5.41) is 12.0. The van der Waals surface area contributed by atoms with Crippen molar-refractivity contribution in [2.75, 3.05) is 11.5 Å². The number of amidine groups is 1. The van der Waals surface area contributed by atoms with Crippen LogP contribution in [0.5, 0.6) is 17.2 Å². The number of carbonyl (C=O) groups excluding carboxylic acids is 1. The molecule has 0 radical (unpaired) electrons. The first kappa shape index (κ1) is 30.6. The normalized spacial score (nSPS) is 15.2. The van der Waals surface area contributed by atoms with Crippen LogP contribution in [0.3, 0.4) is 0 Å². The molecule has 8 nitrogen and oxygen atoms in total. The van der Waals surface area contributed by atoms with Gasteiger partial charge in [-0.2, -0.15) is 13.2 Å². The lowest BCUT2D eigenvalue weighted by Crippen LogP contribution is -2.28. The Kier molecular flexibility index (Phi) is 8.93. The molecule has 224 valence electrons. The molecule has 5 rings (SSSR count). The van der Waals surface area contributed by atoms with Crippen LogP contribution in [-0.4, -0.2) is 22.6 Å². The van der Waals surface area contributed by atoms with Crippen molar-refractivity contribution in [1.82, 2.24) is 0 Å². The second-order valence-corrected chi connectivity index (χ2v) is 10.5. The second-order valence-electron chi connectivity index (χ2n) is 9.12. The summed E-state index contributed by atoms with van der Waals surface area (Å²) in [6.07, 6.45) is -3.20. The lowest BCUT2D eigenvalue weighted by atomic mass is 10.1. The molecule has 0 spiro atoms. The highest BCUT2D eigenvalue weighted by atomic mass is 35.5. The number of alkyl halides is 3. The number of para-hydroxylation sites is 2. The molecule has 0 atom stereocenters. The molecule has 4 aromatic carbocycles. The van der Waals surface area contributed by atoms with Crippen LogP contribution in [0.2, 0.25) is 5.02 Å². The van der Waals surface area contributed by atoms with Gasteiger partial charge in [-0.25, -0.2) is 4.99 Å². The first-order valence-electron chi connectivity index (χ1n) is 13.0. The zero-order chi connectivity index (χ0) is 31.4. The maximum atomic E-state index is 13.6. The summed E-state index contributed by atoms with van der Waals surface area (Å²) in [6.45, 7) is 1.83. The van der Waals surface area contributed by atoms with E-state index in [0.29, 0.717) is 39.1 Å². The van der Waals surface area contributed by atoms with E-state index in [2.05, 4.69) is 4.99 Å².